The van der Waals surface area contributed by atoms with Crippen LogP contribution in [0.1, 0.15) is 129 Å². The van der Waals surface area contributed by atoms with Crippen molar-refractivity contribution in [2.45, 2.75) is 172 Å². The highest BCUT2D eigenvalue weighted by atomic mass is 16.7. The van der Waals surface area contributed by atoms with Crippen LogP contribution in [0, 0.1) is 0 Å². The van der Waals surface area contributed by atoms with Gasteiger partial charge in [0.25, 0.3) is 0 Å². The molecule has 0 spiro atoms. The minimum absolute atomic E-state index is 0.152. The van der Waals surface area contributed by atoms with Crippen LogP contribution in [-0.4, -0.2) is 87.5 Å². The Morgan fingerprint density at radius 1 is 0.714 bits per heavy atom. The number of amides is 1. The highest BCUT2D eigenvalue weighted by molar-refractivity contribution is 5.76. The third-order valence-electron chi connectivity index (χ3n) is 8.64. The van der Waals surface area contributed by atoms with Crippen molar-refractivity contribution in [2.24, 2.45) is 0 Å². The lowest BCUT2D eigenvalue weighted by Gasteiger charge is -2.40. The number of hydrogen-bond donors (Lipinski definition) is 6. The summed E-state index contributed by atoms with van der Waals surface area (Å²) in [4.78, 5) is 12.8. The summed E-state index contributed by atoms with van der Waals surface area (Å²) in [5.74, 6) is -0.175. The Kier molecular flexibility index (Phi) is 28.1. The first-order chi connectivity index (χ1) is 23.8. The molecule has 7 atom stereocenters. The Morgan fingerprint density at radius 3 is 1.88 bits per heavy atom. The number of nitrogens with one attached hydrogen (secondary N) is 1. The Bertz CT molecular complexity index is 947. The van der Waals surface area contributed by atoms with Gasteiger partial charge in [0.1, 0.15) is 24.4 Å². The molecule has 0 aromatic heterocycles. The lowest BCUT2D eigenvalue weighted by Crippen LogP contribution is -2.60. The standard InChI is InChI=1S/C40H69NO8/c1-3-5-7-9-10-11-12-13-14-15-16-17-18-19-20-21-22-23-24-26-28-30-36(44)41-33(34(43)29-27-25-8-6-4-2)32-48-40-39(47)38(46)37(45)35(31-42)49-40/h5,7,10-11,13-14,16-17,19-20,33-35,37-40,42-43,45-47H,3-4,6,8-9,12,15,18,21-32H2,1-2H3,(H,41,44)/b7-5-,11-10-,14-13-,17-16-,20-19-. The quantitative estimate of drug-likeness (QED) is 0.0385. The maximum atomic E-state index is 12.8. The van der Waals surface area contributed by atoms with E-state index >= 15 is 0 Å². The molecule has 1 rings (SSSR count). The van der Waals surface area contributed by atoms with E-state index in [-0.39, 0.29) is 12.5 Å². The molecule has 0 aromatic rings. The fraction of sp³-hybridized carbons (Fsp3) is 0.725. The van der Waals surface area contributed by atoms with Crippen molar-refractivity contribution in [1.82, 2.24) is 5.32 Å². The van der Waals surface area contributed by atoms with Crippen molar-refractivity contribution in [3.8, 4) is 0 Å². The van der Waals surface area contributed by atoms with Crippen molar-refractivity contribution >= 4 is 5.91 Å². The molecule has 1 amide bonds. The topological polar surface area (TPSA) is 149 Å². The van der Waals surface area contributed by atoms with Crippen LogP contribution in [0.2, 0.25) is 0 Å². The monoisotopic (exact) mass is 692 g/mol. The first kappa shape index (κ1) is 44.9. The largest absolute Gasteiger partial charge is 0.394 e. The van der Waals surface area contributed by atoms with Crippen LogP contribution >= 0.6 is 0 Å². The van der Waals surface area contributed by atoms with Crippen LogP contribution in [-0.2, 0) is 14.3 Å². The van der Waals surface area contributed by atoms with E-state index in [9.17, 15) is 30.3 Å². The minimum atomic E-state index is -1.56. The van der Waals surface area contributed by atoms with E-state index in [0.717, 1.165) is 103 Å². The van der Waals surface area contributed by atoms with Crippen LogP contribution in [0.4, 0.5) is 0 Å². The second kappa shape index (κ2) is 30.7. The average molecular weight is 692 g/mol. The number of carbonyl (C=O) groups is 1. The summed E-state index contributed by atoms with van der Waals surface area (Å²) in [6.45, 7) is 3.58. The highest BCUT2D eigenvalue weighted by Gasteiger charge is 2.44. The number of carbonyl (C=O) groups excluding carboxylic acids is 1. The molecule has 9 heteroatoms. The summed E-state index contributed by atoms with van der Waals surface area (Å²) >= 11 is 0. The molecule has 0 radical (unpaired) electrons. The molecule has 9 nitrogen and oxygen atoms in total. The van der Waals surface area contributed by atoms with Crippen molar-refractivity contribution in [1.29, 1.82) is 0 Å². The van der Waals surface area contributed by atoms with Crippen molar-refractivity contribution < 1.29 is 39.8 Å². The fourth-order valence-corrected chi connectivity index (χ4v) is 5.54. The molecule has 0 aromatic carbocycles. The molecule has 0 saturated carbocycles. The number of rotatable bonds is 29. The molecular weight excluding hydrogens is 622 g/mol. The third kappa shape index (κ3) is 22.4. The van der Waals surface area contributed by atoms with E-state index in [1.807, 2.05) is 0 Å². The number of unbranched alkanes of at least 4 members (excludes halogenated alkanes) is 9. The predicted octanol–water partition coefficient (Wildman–Crippen LogP) is 6.49. The Hall–Kier alpha value is -2.11. The predicted molar refractivity (Wildman–Crippen MR) is 198 cm³/mol. The number of aliphatic hydroxyl groups excluding tert-OH is 5. The van der Waals surface area contributed by atoms with Gasteiger partial charge in [-0.3, -0.25) is 4.79 Å². The molecule has 1 aliphatic rings. The molecular formula is C40H69NO8. The van der Waals surface area contributed by atoms with Gasteiger partial charge in [-0.1, -0.05) is 126 Å². The number of allylic oxidation sites excluding steroid dienone is 10. The van der Waals surface area contributed by atoms with E-state index in [2.05, 4.69) is 79.9 Å². The van der Waals surface area contributed by atoms with Gasteiger partial charge in [-0.15, -0.1) is 0 Å². The molecule has 282 valence electrons. The second-order valence-electron chi connectivity index (χ2n) is 13.0. The van der Waals surface area contributed by atoms with Crippen molar-refractivity contribution in [3.63, 3.8) is 0 Å². The van der Waals surface area contributed by atoms with Crippen molar-refractivity contribution in [2.75, 3.05) is 13.2 Å². The highest BCUT2D eigenvalue weighted by Crippen LogP contribution is 2.22. The Labute approximate surface area is 296 Å². The lowest BCUT2D eigenvalue weighted by molar-refractivity contribution is -0.302. The first-order valence-electron chi connectivity index (χ1n) is 19.0. The molecule has 1 aliphatic heterocycles. The third-order valence-corrected chi connectivity index (χ3v) is 8.64. The molecule has 6 N–H and O–H groups in total. The van der Waals surface area contributed by atoms with E-state index in [1.165, 1.54) is 0 Å². The normalized spacial score (nSPS) is 23.1. The lowest BCUT2D eigenvalue weighted by atomic mass is 9.99. The smallest absolute Gasteiger partial charge is 0.220 e. The van der Waals surface area contributed by atoms with Crippen LogP contribution in [0.25, 0.3) is 0 Å². The van der Waals surface area contributed by atoms with Crippen LogP contribution in [0.15, 0.2) is 60.8 Å². The van der Waals surface area contributed by atoms with Crippen LogP contribution in [0.5, 0.6) is 0 Å². The SMILES string of the molecule is CC/C=C\C/C=C\C/C=C\C/C=C\C/C=C\CCCCCCCC(=O)NC(COC1OC(CO)C(O)C(O)C1O)C(O)CCCCCCC. The summed E-state index contributed by atoms with van der Waals surface area (Å²) in [5.41, 5.74) is 0. The molecule has 1 saturated heterocycles. The van der Waals surface area contributed by atoms with Gasteiger partial charge in [-0.05, 0) is 57.8 Å². The Balaban J connectivity index is 2.30. The molecule has 1 fully saturated rings. The number of hydrogen-bond acceptors (Lipinski definition) is 8. The van der Waals surface area contributed by atoms with E-state index in [0.29, 0.717) is 12.8 Å². The summed E-state index contributed by atoms with van der Waals surface area (Å²) in [7, 11) is 0. The zero-order valence-corrected chi connectivity index (χ0v) is 30.4. The molecule has 0 bridgehead atoms. The van der Waals surface area contributed by atoms with Gasteiger partial charge in [-0.2, -0.15) is 0 Å². The summed E-state index contributed by atoms with van der Waals surface area (Å²) in [6, 6.07) is -0.727. The van der Waals surface area contributed by atoms with Gasteiger partial charge in [0, 0.05) is 6.42 Å². The summed E-state index contributed by atoms with van der Waals surface area (Å²) < 4.78 is 11.1. The van der Waals surface area contributed by atoms with E-state index in [4.69, 9.17) is 9.47 Å². The number of aliphatic hydroxyl groups is 5. The molecule has 49 heavy (non-hydrogen) atoms. The average Bonchev–Trinajstić information content (AvgIpc) is 3.10. The van der Waals surface area contributed by atoms with E-state index in [1.54, 1.807) is 0 Å². The zero-order valence-electron chi connectivity index (χ0n) is 30.4. The van der Waals surface area contributed by atoms with Gasteiger partial charge in [-0.25, -0.2) is 0 Å². The van der Waals surface area contributed by atoms with Gasteiger partial charge < -0.3 is 40.3 Å². The van der Waals surface area contributed by atoms with Gasteiger partial charge in [0.05, 0.1) is 25.4 Å². The van der Waals surface area contributed by atoms with Gasteiger partial charge in [0.2, 0.25) is 5.91 Å². The van der Waals surface area contributed by atoms with Crippen molar-refractivity contribution in [3.05, 3.63) is 60.8 Å². The van der Waals surface area contributed by atoms with Gasteiger partial charge in [0.15, 0.2) is 6.29 Å². The van der Waals surface area contributed by atoms with E-state index < -0.39 is 49.5 Å². The van der Waals surface area contributed by atoms with Gasteiger partial charge >= 0.3 is 0 Å². The minimum Gasteiger partial charge on any atom is -0.394 e. The number of ether oxygens (including phenoxy) is 2. The second-order valence-corrected chi connectivity index (χ2v) is 13.0. The van der Waals surface area contributed by atoms with Crippen LogP contribution in [0.3, 0.4) is 0 Å². The molecule has 7 unspecified atom stereocenters. The maximum absolute atomic E-state index is 12.8. The molecule has 0 aliphatic carbocycles. The summed E-state index contributed by atoms with van der Waals surface area (Å²) in [6.07, 6.45) is 31.3. The fourth-order valence-electron chi connectivity index (χ4n) is 5.54. The zero-order chi connectivity index (χ0) is 36.0. The molecule has 1 heterocycles. The maximum Gasteiger partial charge on any atom is 0.220 e. The first-order valence-corrected chi connectivity index (χ1v) is 19.0. The van der Waals surface area contributed by atoms with Crippen LogP contribution < -0.4 is 5.32 Å². The summed E-state index contributed by atoms with van der Waals surface area (Å²) in [5, 5.41) is 53.7. The Morgan fingerprint density at radius 2 is 1.27 bits per heavy atom.